The van der Waals surface area contributed by atoms with Crippen molar-refractivity contribution in [2.75, 3.05) is 0 Å². The lowest BCUT2D eigenvalue weighted by Crippen LogP contribution is -2.17. The molecule has 1 atom stereocenters. The number of hydrogen-bond acceptors (Lipinski definition) is 3. The zero-order chi connectivity index (χ0) is 26.1. The second-order valence-electron chi connectivity index (χ2n) is 8.71. The highest BCUT2D eigenvalue weighted by atomic mass is 35.5. The van der Waals surface area contributed by atoms with Gasteiger partial charge in [0, 0.05) is 39.7 Å². The largest absolute Gasteiger partial charge is 0.586 e. The molecule has 0 bridgehead atoms. The van der Waals surface area contributed by atoms with Gasteiger partial charge in [-0.1, -0.05) is 75.6 Å². The number of nitrogens with zero attached hydrogens (tertiary/aromatic N) is 2. The van der Waals surface area contributed by atoms with Crippen LogP contribution in [0.2, 0.25) is 10.0 Å². The minimum absolute atomic E-state index is 0.123. The van der Waals surface area contributed by atoms with Crippen LogP contribution in [0.3, 0.4) is 0 Å². The fourth-order valence-electron chi connectivity index (χ4n) is 4.17. The molecule has 184 valence electrons. The second-order valence-corrected chi connectivity index (χ2v) is 10.7. The topological polar surface area (TPSA) is 57.4 Å². The summed E-state index contributed by atoms with van der Waals surface area (Å²) < 4.78 is 19.6. The van der Waals surface area contributed by atoms with Gasteiger partial charge in [-0.25, -0.2) is 0 Å². The Labute approximate surface area is 228 Å². The van der Waals surface area contributed by atoms with E-state index in [1.54, 1.807) is 35.9 Å². The number of halogens is 2. The first-order chi connectivity index (χ1) is 17.8. The van der Waals surface area contributed by atoms with E-state index in [0.29, 0.717) is 20.7 Å². The minimum Gasteiger partial charge on any atom is -0.586 e. The Bertz CT molecular complexity index is 1690. The molecule has 1 unspecified atom stereocenters. The summed E-state index contributed by atoms with van der Waals surface area (Å²) in [5.74, 6) is 0. The Balaban J connectivity index is 1.73. The average molecular weight is 545 g/mol. The monoisotopic (exact) mass is 544 g/mol. The zero-order valence-corrected chi connectivity index (χ0v) is 22.4. The summed E-state index contributed by atoms with van der Waals surface area (Å²) in [5.41, 5.74) is 5.41. The van der Waals surface area contributed by atoms with Gasteiger partial charge in [0.05, 0.1) is 5.52 Å². The van der Waals surface area contributed by atoms with Crippen LogP contribution in [0.15, 0.2) is 111 Å². The molecule has 7 heteroatoms. The maximum Gasteiger partial charge on any atom is 0.251 e. The van der Waals surface area contributed by atoms with E-state index in [9.17, 15) is 9.35 Å². The molecule has 0 aliphatic carbocycles. The number of pyridine rings is 1. The predicted octanol–water partition coefficient (Wildman–Crippen LogP) is 7.38. The molecule has 0 aliphatic heterocycles. The van der Waals surface area contributed by atoms with E-state index in [0.717, 1.165) is 38.7 Å². The van der Waals surface area contributed by atoms with E-state index in [4.69, 9.17) is 23.2 Å². The van der Waals surface area contributed by atoms with Crippen LogP contribution in [0.1, 0.15) is 16.7 Å². The Morgan fingerprint density at radius 3 is 2.24 bits per heavy atom. The first-order valence-corrected chi connectivity index (χ1v) is 13.4. The van der Waals surface area contributed by atoms with Crippen molar-refractivity contribution >= 4 is 51.2 Å². The quantitative estimate of drug-likeness (QED) is 0.171. The molecule has 0 N–H and O–H groups in total. The molecule has 1 heterocycles. The molecule has 37 heavy (non-hydrogen) atoms. The highest BCUT2D eigenvalue weighted by molar-refractivity contribution is 7.90. The zero-order valence-electron chi connectivity index (χ0n) is 20.1. The summed E-state index contributed by atoms with van der Waals surface area (Å²) in [6.45, 7) is 1.98. The van der Waals surface area contributed by atoms with Crippen LogP contribution in [0.25, 0.3) is 22.0 Å². The Kier molecular flexibility index (Phi) is 7.22. The lowest BCUT2D eigenvalue weighted by Gasteiger charge is -2.14. The van der Waals surface area contributed by atoms with Crippen LogP contribution < -0.4 is 5.56 Å². The predicted molar refractivity (Wildman–Crippen MR) is 154 cm³/mol. The normalized spacial score (nSPS) is 12.6. The van der Waals surface area contributed by atoms with Gasteiger partial charge in [0.1, 0.15) is 17.1 Å². The molecule has 5 aromatic rings. The summed E-state index contributed by atoms with van der Waals surface area (Å²) in [6, 6.07) is 29.5. The molecule has 0 aliphatic rings. The van der Waals surface area contributed by atoms with Crippen LogP contribution in [0, 0.1) is 6.92 Å². The van der Waals surface area contributed by atoms with E-state index in [2.05, 4.69) is 4.40 Å². The lowest BCUT2D eigenvalue weighted by molar-refractivity contribution is 0.597. The SMILES string of the molecule is Cc1ccc([S+]([O-])N=C(c2ccc(Cl)cc2)c2ccc3c(c2)c(-c2cccc(Cl)c2)cc(=O)n3C)cc1. The number of benzene rings is 4. The minimum atomic E-state index is -1.63. The van der Waals surface area contributed by atoms with Crippen LogP contribution in [0.4, 0.5) is 0 Å². The molecule has 0 radical (unpaired) electrons. The standard InChI is InChI=1S/C30H22Cl2N2O2S/c1-19-6-13-25(14-7-19)37(36)33-30(20-8-11-23(31)12-9-20)22-10-15-28-27(17-22)26(18-29(35)34(28)2)21-4-3-5-24(32)16-21/h3-18H,1-2H3. The Hall–Kier alpha value is -3.35. The van der Waals surface area contributed by atoms with E-state index >= 15 is 0 Å². The maximum absolute atomic E-state index is 13.3. The first kappa shape index (κ1) is 25.3. The summed E-state index contributed by atoms with van der Waals surface area (Å²) in [6.07, 6.45) is 0. The lowest BCUT2D eigenvalue weighted by atomic mass is 9.96. The van der Waals surface area contributed by atoms with Gasteiger partial charge in [-0.2, -0.15) is 0 Å². The molecular weight excluding hydrogens is 523 g/mol. The van der Waals surface area contributed by atoms with Crippen molar-refractivity contribution in [2.24, 2.45) is 11.4 Å². The Morgan fingerprint density at radius 1 is 0.838 bits per heavy atom. The third-order valence-electron chi connectivity index (χ3n) is 6.17. The van der Waals surface area contributed by atoms with E-state index in [-0.39, 0.29) is 5.56 Å². The van der Waals surface area contributed by atoms with Crippen molar-refractivity contribution in [3.8, 4) is 11.1 Å². The molecule has 5 rings (SSSR count). The third kappa shape index (κ3) is 5.36. The van der Waals surface area contributed by atoms with Gasteiger partial charge in [-0.05, 0) is 66.6 Å². The molecule has 0 amide bonds. The van der Waals surface area contributed by atoms with Crippen molar-refractivity contribution in [1.29, 1.82) is 0 Å². The summed E-state index contributed by atoms with van der Waals surface area (Å²) in [4.78, 5) is 13.4. The Morgan fingerprint density at radius 2 is 1.54 bits per heavy atom. The van der Waals surface area contributed by atoms with Crippen LogP contribution in [-0.2, 0) is 18.4 Å². The van der Waals surface area contributed by atoms with Crippen molar-refractivity contribution in [3.05, 3.63) is 134 Å². The van der Waals surface area contributed by atoms with E-state index < -0.39 is 11.4 Å². The average Bonchev–Trinajstić information content (AvgIpc) is 2.90. The van der Waals surface area contributed by atoms with Gasteiger partial charge >= 0.3 is 0 Å². The van der Waals surface area contributed by atoms with Crippen LogP contribution >= 0.6 is 23.2 Å². The molecule has 1 aromatic heterocycles. The van der Waals surface area contributed by atoms with Gasteiger partial charge < -0.3 is 9.12 Å². The number of aromatic nitrogens is 1. The number of hydrogen-bond donors (Lipinski definition) is 0. The van der Waals surface area contributed by atoms with Crippen molar-refractivity contribution in [1.82, 2.24) is 4.57 Å². The molecule has 0 spiro atoms. The number of rotatable bonds is 5. The van der Waals surface area contributed by atoms with Crippen molar-refractivity contribution < 1.29 is 4.55 Å². The highest BCUT2D eigenvalue weighted by Gasteiger charge is 2.18. The van der Waals surface area contributed by atoms with Gasteiger partial charge in [-0.15, -0.1) is 0 Å². The van der Waals surface area contributed by atoms with Gasteiger partial charge in [-0.3, -0.25) is 4.79 Å². The van der Waals surface area contributed by atoms with Gasteiger partial charge in [0.25, 0.3) is 5.56 Å². The van der Waals surface area contributed by atoms with Gasteiger partial charge in [0.15, 0.2) is 4.90 Å². The molecule has 0 saturated carbocycles. The highest BCUT2D eigenvalue weighted by Crippen LogP contribution is 2.31. The molecule has 0 fully saturated rings. The van der Waals surface area contributed by atoms with Crippen molar-refractivity contribution in [3.63, 3.8) is 0 Å². The van der Waals surface area contributed by atoms with Crippen LogP contribution in [0.5, 0.6) is 0 Å². The smallest absolute Gasteiger partial charge is 0.251 e. The second kappa shape index (κ2) is 10.6. The third-order valence-corrected chi connectivity index (χ3v) is 7.68. The fraction of sp³-hybridized carbons (Fsp3) is 0.0667. The molecule has 0 saturated heterocycles. The van der Waals surface area contributed by atoms with Crippen LogP contribution in [-0.4, -0.2) is 14.8 Å². The molecule has 4 aromatic carbocycles. The molecular formula is C30H22Cl2N2O2S. The number of aryl methyl sites for hydroxylation is 2. The first-order valence-electron chi connectivity index (χ1n) is 11.5. The number of fused-ring (bicyclic) bond motifs is 1. The summed E-state index contributed by atoms with van der Waals surface area (Å²) >= 11 is 10.8. The maximum atomic E-state index is 13.3. The fourth-order valence-corrected chi connectivity index (χ4v) is 5.34. The van der Waals surface area contributed by atoms with Gasteiger partial charge in [0.2, 0.25) is 0 Å². The summed E-state index contributed by atoms with van der Waals surface area (Å²) in [7, 11) is 1.74. The van der Waals surface area contributed by atoms with E-state index in [1.807, 2.05) is 79.7 Å². The van der Waals surface area contributed by atoms with Crippen molar-refractivity contribution in [2.45, 2.75) is 11.8 Å². The molecule has 4 nitrogen and oxygen atoms in total. The summed E-state index contributed by atoms with van der Waals surface area (Å²) in [5, 5.41) is 2.03. The van der Waals surface area contributed by atoms with E-state index in [1.165, 1.54) is 0 Å².